The van der Waals surface area contributed by atoms with E-state index in [1.807, 2.05) is 38.1 Å². The second kappa shape index (κ2) is 7.22. The molecule has 27 heavy (non-hydrogen) atoms. The average molecular weight is 370 g/mol. The van der Waals surface area contributed by atoms with Crippen LogP contribution in [0.1, 0.15) is 18.1 Å². The number of para-hydroxylation sites is 1. The summed E-state index contributed by atoms with van der Waals surface area (Å²) in [6.45, 7) is 5.48. The van der Waals surface area contributed by atoms with E-state index in [1.54, 1.807) is 11.8 Å². The number of piperazine rings is 1. The molecule has 1 aliphatic heterocycles. The van der Waals surface area contributed by atoms with Crippen molar-refractivity contribution in [1.82, 2.24) is 14.5 Å². The molecule has 0 radical (unpaired) electrons. The van der Waals surface area contributed by atoms with Gasteiger partial charge in [0, 0.05) is 30.0 Å². The monoisotopic (exact) mass is 370 g/mol. The molecule has 1 unspecified atom stereocenters. The Morgan fingerprint density at radius 3 is 2.56 bits per heavy atom. The number of amides is 2. The van der Waals surface area contributed by atoms with E-state index in [-0.39, 0.29) is 30.9 Å². The highest BCUT2D eigenvalue weighted by Gasteiger charge is 2.33. The van der Waals surface area contributed by atoms with Crippen LogP contribution in [0.2, 0.25) is 0 Å². The van der Waals surface area contributed by atoms with E-state index in [4.69, 9.17) is 0 Å². The molecule has 142 valence electrons. The summed E-state index contributed by atoms with van der Waals surface area (Å²) < 4.78 is 1.16. The van der Waals surface area contributed by atoms with Crippen LogP contribution in [0.25, 0.3) is 0 Å². The first kappa shape index (κ1) is 18.6. The maximum absolute atomic E-state index is 12.7. The third-order valence-electron chi connectivity index (χ3n) is 4.81. The van der Waals surface area contributed by atoms with Crippen LogP contribution < -0.4 is 16.1 Å². The molecular weight excluding hydrogens is 348 g/mol. The van der Waals surface area contributed by atoms with E-state index in [0.717, 1.165) is 15.8 Å². The molecule has 1 aliphatic rings. The zero-order valence-corrected chi connectivity index (χ0v) is 15.6. The van der Waals surface area contributed by atoms with Crippen molar-refractivity contribution >= 4 is 17.5 Å². The van der Waals surface area contributed by atoms with E-state index in [2.05, 4.69) is 4.98 Å². The molecule has 2 aromatic rings. The Bertz CT molecular complexity index is 1010. The van der Waals surface area contributed by atoms with Crippen LogP contribution in [0, 0.1) is 13.8 Å². The molecule has 1 aromatic heterocycles. The molecular formula is C19H22N4O4. The van der Waals surface area contributed by atoms with Crippen LogP contribution in [-0.4, -0.2) is 45.4 Å². The highest BCUT2D eigenvalue weighted by Crippen LogP contribution is 2.23. The molecule has 0 spiro atoms. The number of aromatic amines is 1. The summed E-state index contributed by atoms with van der Waals surface area (Å²) in [7, 11) is 0. The van der Waals surface area contributed by atoms with Gasteiger partial charge in [-0.3, -0.25) is 23.9 Å². The number of H-pyrrole nitrogens is 1. The van der Waals surface area contributed by atoms with Crippen LogP contribution in [-0.2, 0) is 16.1 Å². The number of nitrogens with zero attached hydrogens (tertiary/aromatic N) is 3. The van der Waals surface area contributed by atoms with E-state index >= 15 is 0 Å². The predicted octanol–water partition coefficient (Wildman–Crippen LogP) is 0.417. The fourth-order valence-electron chi connectivity index (χ4n) is 3.26. The zero-order chi connectivity index (χ0) is 19.7. The fraction of sp³-hybridized carbons (Fsp3) is 0.368. The molecule has 1 N–H and O–H groups in total. The first-order valence-corrected chi connectivity index (χ1v) is 8.73. The maximum atomic E-state index is 12.7. The molecule has 1 aromatic carbocycles. The standard InChI is InChI=1S/C19H22N4O4/c1-12-6-4-5-7-15(12)23-9-14(3)22(11-17(23)25)16(24)10-21-8-13(2)18(26)20-19(21)27/h4-8,14H,9-11H2,1-3H3,(H,20,26,27). The van der Waals surface area contributed by atoms with Gasteiger partial charge in [-0.2, -0.15) is 0 Å². The molecule has 1 saturated heterocycles. The van der Waals surface area contributed by atoms with Gasteiger partial charge < -0.3 is 9.80 Å². The highest BCUT2D eigenvalue weighted by atomic mass is 16.2. The number of benzene rings is 1. The maximum Gasteiger partial charge on any atom is 0.328 e. The van der Waals surface area contributed by atoms with Gasteiger partial charge in [-0.1, -0.05) is 18.2 Å². The van der Waals surface area contributed by atoms with Crippen molar-refractivity contribution in [1.29, 1.82) is 0 Å². The minimum atomic E-state index is -0.642. The number of hydrogen-bond acceptors (Lipinski definition) is 4. The number of aromatic nitrogens is 2. The fourth-order valence-corrected chi connectivity index (χ4v) is 3.26. The molecule has 3 rings (SSSR count). The normalized spacial score (nSPS) is 17.3. The molecule has 1 fully saturated rings. The molecule has 0 bridgehead atoms. The van der Waals surface area contributed by atoms with E-state index in [1.165, 1.54) is 11.1 Å². The van der Waals surface area contributed by atoms with Gasteiger partial charge in [-0.25, -0.2) is 4.79 Å². The zero-order valence-electron chi connectivity index (χ0n) is 15.6. The van der Waals surface area contributed by atoms with Crippen LogP contribution in [0.3, 0.4) is 0 Å². The number of rotatable bonds is 3. The summed E-state index contributed by atoms with van der Waals surface area (Å²) in [4.78, 5) is 54.0. The Kier molecular flexibility index (Phi) is 4.98. The molecule has 1 atom stereocenters. The van der Waals surface area contributed by atoms with Gasteiger partial charge in [-0.05, 0) is 32.4 Å². The summed E-state index contributed by atoms with van der Waals surface area (Å²) in [5.41, 5.74) is 1.06. The smallest absolute Gasteiger partial charge is 0.327 e. The highest BCUT2D eigenvalue weighted by molar-refractivity contribution is 5.98. The second-order valence-corrected chi connectivity index (χ2v) is 6.86. The first-order chi connectivity index (χ1) is 12.8. The number of carbonyl (C=O) groups is 2. The molecule has 0 saturated carbocycles. The Hall–Kier alpha value is -3.16. The van der Waals surface area contributed by atoms with Crippen molar-refractivity contribution in [3.05, 3.63) is 62.4 Å². The van der Waals surface area contributed by atoms with Gasteiger partial charge in [0.15, 0.2) is 0 Å². The Morgan fingerprint density at radius 1 is 1.15 bits per heavy atom. The van der Waals surface area contributed by atoms with Gasteiger partial charge in [0.1, 0.15) is 13.1 Å². The summed E-state index contributed by atoms with van der Waals surface area (Å²) in [5.74, 6) is -0.505. The number of aryl methyl sites for hydroxylation is 2. The van der Waals surface area contributed by atoms with E-state index < -0.39 is 11.2 Å². The van der Waals surface area contributed by atoms with Crippen molar-refractivity contribution < 1.29 is 9.59 Å². The predicted molar refractivity (Wildman–Crippen MR) is 101 cm³/mol. The Morgan fingerprint density at radius 2 is 1.85 bits per heavy atom. The lowest BCUT2D eigenvalue weighted by Gasteiger charge is -2.40. The summed E-state index contributed by atoms with van der Waals surface area (Å²) in [6.07, 6.45) is 1.36. The minimum absolute atomic E-state index is 0.0502. The average Bonchev–Trinajstić information content (AvgIpc) is 2.62. The van der Waals surface area contributed by atoms with Crippen molar-refractivity contribution in [2.24, 2.45) is 0 Å². The molecule has 8 nitrogen and oxygen atoms in total. The summed E-state index contributed by atoms with van der Waals surface area (Å²) in [5, 5.41) is 0. The number of nitrogens with one attached hydrogen (secondary N) is 1. The number of hydrogen-bond donors (Lipinski definition) is 1. The molecule has 2 amide bonds. The quantitative estimate of drug-likeness (QED) is 0.847. The Balaban J connectivity index is 1.78. The van der Waals surface area contributed by atoms with Gasteiger partial charge in [0.25, 0.3) is 5.56 Å². The number of carbonyl (C=O) groups excluding carboxylic acids is 2. The van der Waals surface area contributed by atoms with E-state index in [0.29, 0.717) is 12.1 Å². The van der Waals surface area contributed by atoms with Crippen molar-refractivity contribution in [3.63, 3.8) is 0 Å². The van der Waals surface area contributed by atoms with Gasteiger partial charge in [0.05, 0.1) is 0 Å². The Labute approximate surface area is 156 Å². The van der Waals surface area contributed by atoms with Crippen LogP contribution in [0.4, 0.5) is 5.69 Å². The SMILES string of the molecule is Cc1ccccc1N1CC(C)N(C(=O)Cn2cc(C)c(=O)[nH]c2=O)CC1=O. The first-order valence-electron chi connectivity index (χ1n) is 8.73. The lowest BCUT2D eigenvalue weighted by molar-refractivity contribution is -0.139. The molecule has 2 heterocycles. The molecule has 0 aliphatic carbocycles. The van der Waals surface area contributed by atoms with E-state index in [9.17, 15) is 19.2 Å². The number of anilines is 1. The van der Waals surface area contributed by atoms with Gasteiger partial charge in [0.2, 0.25) is 11.8 Å². The van der Waals surface area contributed by atoms with Crippen LogP contribution in [0.5, 0.6) is 0 Å². The van der Waals surface area contributed by atoms with Crippen molar-refractivity contribution in [2.75, 3.05) is 18.0 Å². The lowest BCUT2D eigenvalue weighted by atomic mass is 10.1. The molecule has 8 heteroatoms. The third-order valence-corrected chi connectivity index (χ3v) is 4.81. The van der Waals surface area contributed by atoms with Gasteiger partial charge in [-0.15, -0.1) is 0 Å². The van der Waals surface area contributed by atoms with Crippen LogP contribution in [0.15, 0.2) is 40.1 Å². The third kappa shape index (κ3) is 3.69. The van der Waals surface area contributed by atoms with Crippen molar-refractivity contribution in [3.8, 4) is 0 Å². The minimum Gasteiger partial charge on any atom is -0.327 e. The topological polar surface area (TPSA) is 95.5 Å². The summed E-state index contributed by atoms with van der Waals surface area (Å²) in [6, 6.07) is 7.42. The summed E-state index contributed by atoms with van der Waals surface area (Å²) >= 11 is 0. The lowest BCUT2D eigenvalue weighted by Crippen LogP contribution is -2.58. The largest absolute Gasteiger partial charge is 0.328 e. The second-order valence-electron chi connectivity index (χ2n) is 6.86. The van der Waals surface area contributed by atoms with Gasteiger partial charge >= 0.3 is 5.69 Å². The van der Waals surface area contributed by atoms with Crippen LogP contribution >= 0.6 is 0 Å². The van der Waals surface area contributed by atoms with Crippen molar-refractivity contribution in [2.45, 2.75) is 33.4 Å².